The Balaban J connectivity index is 1.89. The monoisotopic (exact) mass is 284 g/mol. The fourth-order valence-corrected chi connectivity index (χ4v) is 2.22. The van der Waals surface area contributed by atoms with Crippen molar-refractivity contribution in [3.8, 4) is 5.75 Å². The van der Waals surface area contributed by atoms with Gasteiger partial charge in [-0.1, -0.05) is 29.8 Å². The number of hydrogen-bond donors (Lipinski definition) is 0. The summed E-state index contributed by atoms with van der Waals surface area (Å²) < 4.78 is 5.87. The Morgan fingerprint density at radius 3 is 2.90 bits per heavy atom. The van der Waals surface area contributed by atoms with E-state index in [0.717, 1.165) is 27.9 Å². The predicted octanol–water partition coefficient (Wildman–Crippen LogP) is 4.17. The van der Waals surface area contributed by atoms with Gasteiger partial charge in [-0.25, -0.2) is 9.97 Å². The van der Waals surface area contributed by atoms with E-state index in [1.165, 1.54) is 0 Å². The largest absolute Gasteiger partial charge is 0.487 e. The van der Waals surface area contributed by atoms with Crippen molar-refractivity contribution in [1.82, 2.24) is 9.97 Å². The molecule has 0 unspecified atom stereocenters. The fraction of sp³-hybridized carbons (Fsp3) is 0.125. The molecule has 1 aromatic carbocycles. The van der Waals surface area contributed by atoms with E-state index in [9.17, 15) is 0 Å². The van der Waals surface area contributed by atoms with Gasteiger partial charge in [-0.05, 0) is 36.8 Å². The standard InChI is InChI=1S/C16H13ClN2O/c1-11-5-6-13-3-2-4-14(16(13)19-11)20-10-12-7-8-18-15(17)9-12/h2-9H,10H2,1H3. The van der Waals surface area contributed by atoms with Gasteiger partial charge in [-0.15, -0.1) is 0 Å². The maximum Gasteiger partial charge on any atom is 0.146 e. The molecule has 4 heteroatoms. The topological polar surface area (TPSA) is 35.0 Å². The van der Waals surface area contributed by atoms with Crippen molar-refractivity contribution in [2.75, 3.05) is 0 Å². The minimum Gasteiger partial charge on any atom is -0.487 e. The highest BCUT2D eigenvalue weighted by molar-refractivity contribution is 6.29. The van der Waals surface area contributed by atoms with Crippen LogP contribution in [0, 0.1) is 6.92 Å². The normalized spacial score (nSPS) is 10.7. The Hall–Kier alpha value is -2.13. The summed E-state index contributed by atoms with van der Waals surface area (Å²) in [5, 5.41) is 1.54. The number of nitrogens with zero attached hydrogens (tertiary/aromatic N) is 2. The Kier molecular flexibility index (Phi) is 3.52. The fourth-order valence-electron chi connectivity index (χ4n) is 2.03. The third kappa shape index (κ3) is 2.73. The van der Waals surface area contributed by atoms with E-state index in [-0.39, 0.29) is 0 Å². The molecule has 0 aliphatic carbocycles. The van der Waals surface area contributed by atoms with Crippen LogP contribution in [0.5, 0.6) is 5.75 Å². The van der Waals surface area contributed by atoms with Crippen molar-refractivity contribution in [2.24, 2.45) is 0 Å². The molecular weight excluding hydrogens is 272 g/mol. The van der Waals surface area contributed by atoms with Gasteiger partial charge in [-0.2, -0.15) is 0 Å². The van der Waals surface area contributed by atoms with Crippen molar-refractivity contribution < 1.29 is 4.74 Å². The molecule has 2 heterocycles. The van der Waals surface area contributed by atoms with E-state index in [4.69, 9.17) is 16.3 Å². The summed E-state index contributed by atoms with van der Waals surface area (Å²) in [6.45, 7) is 2.41. The molecule has 0 radical (unpaired) electrons. The predicted molar refractivity (Wildman–Crippen MR) is 80.1 cm³/mol. The van der Waals surface area contributed by atoms with Crippen LogP contribution in [-0.4, -0.2) is 9.97 Å². The number of aryl methyl sites for hydroxylation is 1. The maximum absolute atomic E-state index is 5.87. The van der Waals surface area contributed by atoms with Crippen LogP contribution >= 0.6 is 11.6 Å². The summed E-state index contributed by atoms with van der Waals surface area (Å²) in [5.41, 5.74) is 2.84. The summed E-state index contributed by atoms with van der Waals surface area (Å²) in [4.78, 5) is 8.50. The van der Waals surface area contributed by atoms with E-state index < -0.39 is 0 Å². The van der Waals surface area contributed by atoms with Crippen molar-refractivity contribution in [2.45, 2.75) is 13.5 Å². The molecule has 0 fully saturated rings. The van der Waals surface area contributed by atoms with Crippen LogP contribution in [0.2, 0.25) is 5.15 Å². The minimum atomic E-state index is 0.441. The van der Waals surface area contributed by atoms with E-state index >= 15 is 0 Å². The van der Waals surface area contributed by atoms with Crippen molar-refractivity contribution >= 4 is 22.5 Å². The SMILES string of the molecule is Cc1ccc2cccc(OCc3ccnc(Cl)c3)c2n1. The second-order valence-corrected chi connectivity index (χ2v) is 4.94. The average molecular weight is 285 g/mol. The van der Waals surface area contributed by atoms with Gasteiger partial charge in [0, 0.05) is 17.3 Å². The molecule has 3 nitrogen and oxygen atoms in total. The zero-order valence-electron chi connectivity index (χ0n) is 11.0. The molecule has 0 saturated carbocycles. The number of rotatable bonds is 3. The van der Waals surface area contributed by atoms with Crippen LogP contribution in [0.3, 0.4) is 0 Å². The lowest BCUT2D eigenvalue weighted by atomic mass is 10.2. The molecule has 0 bridgehead atoms. The van der Waals surface area contributed by atoms with Crippen LogP contribution in [0.1, 0.15) is 11.3 Å². The Morgan fingerprint density at radius 2 is 2.05 bits per heavy atom. The van der Waals surface area contributed by atoms with Crippen LogP contribution < -0.4 is 4.74 Å². The number of ether oxygens (including phenoxy) is 1. The smallest absolute Gasteiger partial charge is 0.146 e. The van der Waals surface area contributed by atoms with Gasteiger partial charge in [0.05, 0.1) is 0 Å². The highest BCUT2D eigenvalue weighted by Gasteiger charge is 2.04. The first-order valence-corrected chi connectivity index (χ1v) is 6.70. The van der Waals surface area contributed by atoms with Gasteiger partial charge in [0.2, 0.25) is 0 Å². The summed E-state index contributed by atoms with van der Waals surface area (Å²) in [5.74, 6) is 0.777. The van der Waals surface area contributed by atoms with E-state index in [1.54, 1.807) is 12.3 Å². The Morgan fingerprint density at radius 1 is 1.15 bits per heavy atom. The second kappa shape index (κ2) is 5.47. The van der Waals surface area contributed by atoms with Gasteiger partial charge in [0.1, 0.15) is 23.0 Å². The average Bonchev–Trinajstić information content (AvgIpc) is 2.45. The molecule has 100 valence electrons. The number of hydrogen-bond acceptors (Lipinski definition) is 3. The molecule has 0 aliphatic rings. The number of halogens is 1. The van der Waals surface area contributed by atoms with E-state index in [0.29, 0.717) is 11.8 Å². The first-order chi connectivity index (χ1) is 9.72. The lowest BCUT2D eigenvalue weighted by molar-refractivity contribution is 0.309. The molecule has 3 aromatic rings. The number of benzene rings is 1. The van der Waals surface area contributed by atoms with E-state index in [1.807, 2.05) is 43.3 Å². The lowest BCUT2D eigenvalue weighted by Crippen LogP contribution is -1.97. The van der Waals surface area contributed by atoms with Gasteiger partial charge in [0.25, 0.3) is 0 Å². The van der Waals surface area contributed by atoms with Gasteiger partial charge < -0.3 is 4.74 Å². The number of fused-ring (bicyclic) bond motifs is 1. The molecule has 3 rings (SSSR count). The molecule has 2 aromatic heterocycles. The summed E-state index contributed by atoms with van der Waals surface area (Å²) in [7, 11) is 0. The third-order valence-electron chi connectivity index (χ3n) is 3.01. The molecular formula is C16H13ClN2O. The van der Waals surface area contributed by atoms with Gasteiger partial charge >= 0.3 is 0 Å². The molecule has 0 aliphatic heterocycles. The molecule has 0 amide bonds. The Bertz CT molecular complexity index is 758. The van der Waals surface area contributed by atoms with Crippen LogP contribution in [0.15, 0.2) is 48.7 Å². The minimum absolute atomic E-state index is 0.441. The summed E-state index contributed by atoms with van der Waals surface area (Å²) in [6.07, 6.45) is 1.67. The first-order valence-electron chi connectivity index (χ1n) is 6.32. The van der Waals surface area contributed by atoms with Crippen molar-refractivity contribution in [3.63, 3.8) is 0 Å². The quantitative estimate of drug-likeness (QED) is 0.677. The van der Waals surface area contributed by atoms with Crippen LogP contribution in [0.4, 0.5) is 0 Å². The van der Waals surface area contributed by atoms with E-state index in [2.05, 4.69) is 9.97 Å². The van der Waals surface area contributed by atoms with Gasteiger partial charge in [0.15, 0.2) is 0 Å². The third-order valence-corrected chi connectivity index (χ3v) is 3.21. The van der Waals surface area contributed by atoms with Crippen molar-refractivity contribution in [1.29, 1.82) is 0 Å². The molecule has 0 spiro atoms. The highest BCUT2D eigenvalue weighted by Crippen LogP contribution is 2.24. The first kappa shape index (κ1) is 12.9. The number of para-hydroxylation sites is 1. The number of aromatic nitrogens is 2. The van der Waals surface area contributed by atoms with Crippen LogP contribution in [0.25, 0.3) is 10.9 Å². The van der Waals surface area contributed by atoms with Crippen molar-refractivity contribution in [3.05, 3.63) is 65.1 Å². The molecule has 0 atom stereocenters. The highest BCUT2D eigenvalue weighted by atomic mass is 35.5. The zero-order valence-corrected chi connectivity index (χ0v) is 11.8. The zero-order chi connectivity index (χ0) is 13.9. The summed E-state index contributed by atoms with van der Waals surface area (Å²) >= 11 is 5.86. The summed E-state index contributed by atoms with van der Waals surface area (Å²) in [6, 6.07) is 13.6. The van der Waals surface area contributed by atoms with Gasteiger partial charge in [-0.3, -0.25) is 0 Å². The maximum atomic E-state index is 5.87. The lowest BCUT2D eigenvalue weighted by Gasteiger charge is -2.09. The van der Waals surface area contributed by atoms with Crippen LogP contribution in [-0.2, 0) is 6.61 Å². The Labute approximate surface area is 122 Å². The molecule has 20 heavy (non-hydrogen) atoms. The molecule has 0 N–H and O–H groups in total. The second-order valence-electron chi connectivity index (χ2n) is 4.56. The number of pyridine rings is 2. The molecule has 0 saturated heterocycles.